The Balaban J connectivity index is 1.65. The number of carbonyl (C=O) groups excluding carboxylic acids is 2. The Morgan fingerprint density at radius 3 is 2.31 bits per heavy atom. The maximum atomic E-state index is 13.2. The van der Waals surface area contributed by atoms with Crippen molar-refractivity contribution in [2.45, 2.75) is 45.1 Å². The number of aromatic nitrogens is 1. The van der Waals surface area contributed by atoms with Crippen LogP contribution >= 0.6 is 0 Å². The van der Waals surface area contributed by atoms with E-state index in [0.29, 0.717) is 17.8 Å². The Morgan fingerprint density at radius 2 is 1.81 bits per heavy atom. The lowest BCUT2D eigenvalue weighted by Gasteiger charge is -2.56. The second-order valence-electron chi connectivity index (χ2n) is 8.30. The molecular weight excluding hydrogens is 332 g/mol. The van der Waals surface area contributed by atoms with Gasteiger partial charge in [-0.2, -0.15) is 5.26 Å². The number of hydrogen-bond donors (Lipinski definition) is 0. The molecule has 1 aromatic heterocycles. The van der Waals surface area contributed by atoms with Gasteiger partial charge in [-0.05, 0) is 62.3 Å². The van der Waals surface area contributed by atoms with Gasteiger partial charge in [0, 0.05) is 11.6 Å². The van der Waals surface area contributed by atoms with E-state index in [1.807, 2.05) is 6.07 Å². The Bertz CT molecular complexity index is 841. The van der Waals surface area contributed by atoms with Crippen LogP contribution in [-0.4, -0.2) is 23.4 Å². The summed E-state index contributed by atoms with van der Waals surface area (Å²) in [6.07, 6.45) is 7.83. The smallest absolute Gasteiger partial charge is 0.339 e. The number of ketones is 1. The molecule has 0 radical (unpaired) electrons. The van der Waals surface area contributed by atoms with Crippen LogP contribution in [0.4, 0.5) is 0 Å². The van der Waals surface area contributed by atoms with Crippen LogP contribution in [0.25, 0.3) is 0 Å². The minimum atomic E-state index is -0.627. The molecule has 4 bridgehead atoms. The number of nitrogens with zero attached hydrogens (tertiary/aromatic N) is 2. The molecule has 5 rings (SSSR count). The highest BCUT2D eigenvalue weighted by Crippen LogP contribution is 2.60. The van der Waals surface area contributed by atoms with E-state index in [-0.39, 0.29) is 28.9 Å². The van der Waals surface area contributed by atoms with Gasteiger partial charge in [-0.15, -0.1) is 0 Å². The molecule has 26 heavy (non-hydrogen) atoms. The number of methoxy groups -OCH3 is 1. The number of carbonyl (C=O) groups is 2. The van der Waals surface area contributed by atoms with Gasteiger partial charge in [-0.3, -0.25) is 9.59 Å². The highest BCUT2D eigenvalue weighted by atomic mass is 16.5. The van der Waals surface area contributed by atoms with Gasteiger partial charge in [-0.25, -0.2) is 4.79 Å². The van der Waals surface area contributed by atoms with E-state index >= 15 is 0 Å². The molecule has 4 aliphatic rings. The fourth-order valence-electron chi connectivity index (χ4n) is 5.84. The first-order valence-corrected chi connectivity index (χ1v) is 9.20. The highest BCUT2D eigenvalue weighted by Gasteiger charge is 2.54. The Labute approximate surface area is 151 Å². The summed E-state index contributed by atoms with van der Waals surface area (Å²) >= 11 is 0. The quantitative estimate of drug-likeness (QED) is 0.774. The van der Waals surface area contributed by atoms with Gasteiger partial charge in [-0.1, -0.05) is 0 Å². The van der Waals surface area contributed by atoms with Crippen molar-refractivity contribution < 1.29 is 14.3 Å². The predicted molar refractivity (Wildman–Crippen MR) is 92.4 cm³/mol. The number of pyridine rings is 1. The molecule has 1 aromatic rings. The van der Waals surface area contributed by atoms with E-state index < -0.39 is 11.5 Å². The number of hydrogen-bond acceptors (Lipinski definition) is 5. The maximum absolute atomic E-state index is 13.2. The molecule has 0 saturated heterocycles. The molecule has 0 atom stereocenters. The van der Waals surface area contributed by atoms with E-state index in [9.17, 15) is 19.6 Å². The van der Waals surface area contributed by atoms with Crippen LogP contribution in [0.1, 0.15) is 54.4 Å². The Morgan fingerprint density at radius 1 is 1.23 bits per heavy atom. The molecular formula is C20H22N2O4. The lowest BCUT2D eigenvalue weighted by molar-refractivity contribution is -0.144. The molecule has 6 nitrogen and oxygen atoms in total. The predicted octanol–water partition coefficient (Wildman–Crippen LogP) is 2.29. The molecule has 0 N–H and O–H groups in total. The summed E-state index contributed by atoms with van der Waals surface area (Å²) in [6, 6.07) is 3.03. The number of esters is 1. The summed E-state index contributed by atoms with van der Waals surface area (Å²) in [7, 11) is 1.24. The average molecular weight is 354 g/mol. The summed E-state index contributed by atoms with van der Waals surface area (Å²) < 4.78 is 5.90. The van der Waals surface area contributed by atoms with Gasteiger partial charge < -0.3 is 9.30 Å². The minimum absolute atomic E-state index is 0.0737. The average Bonchev–Trinajstić information content (AvgIpc) is 2.61. The zero-order chi connectivity index (χ0) is 18.5. The molecule has 1 heterocycles. The third-order valence-electron chi connectivity index (χ3n) is 6.57. The second-order valence-corrected chi connectivity index (χ2v) is 8.30. The van der Waals surface area contributed by atoms with Gasteiger partial charge >= 0.3 is 5.97 Å². The number of Topliss-reactive ketones (excluding diaryl/α,β-unsaturated/α-hetero) is 1. The van der Waals surface area contributed by atoms with Gasteiger partial charge in [0.2, 0.25) is 0 Å². The number of ether oxygens (including phenoxy) is 1. The Hall–Kier alpha value is -2.42. The summed E-state index contributed by atoms with van der Waals surface area (Å²) in [6.45, 7) is -0.0789. The van der Waals surface area contributed by atoms with Crippen LogP contribution < -0.4 is 5.56 Å². The van der Waals surface area contributed by atoms with E-state index in [4.69, 9.17) is 0 Å². The van der Waals surface area contributed by atoms with Crippen LogP contribution in [-0.2, 0) is 16.1 Å². The van der Waals surface area contributed by atoms with Crippen LogP contribution in [0.15, 0.2) is 17.1 Å². The molecule has 4 aliphatic carbocycles. The molecule has 4 saturated carbocycles. The molecule has 6 heteroatoms. The summed E-state index contributed by atoms with van der Waals surface area (Å²) in [5, 5.41) is 9.19. The molecule has 0 aromatic carbocycles. The normalized spacial score (nSPS) is 31.5. The van der Waals surface area contributed by atoms with Crippen molar-refractivity contribution >= 4 is 11.8 Å². The van der Waals surface area contributed by atoms with E-state index in [0.717, 1.165) is 19.3 Å². The molecule has 0 aliphatic heterocycles. The fraction of sp³-hybridized carbons (Fsp3) is 0.600. The SMILES string of the molecule is COC(=O)c1cc(C#N)c(=O)n(CC(=O)C23CC4CC(CC(C4)C2)C3)c1. The topological polar surface area (TPSA) is 89.2 Å². The first-order chi connectivity index (χ1) is 12.4. The standard InChI is InChI=1S/C20H22N2O4/c1-26-19(25)16-5-15(9-21)18(24)22(10-16)11-17(23)20-6-12-2-13(7-20)4-14(3-12)8-20/h5,10,12-14H,2-4,6-8,11H2,1H3. The molecule has 4 fully saturated rings. The van der Waals surface area contributed by atoms with Crippen molar-refractivity contribution in [3.8, 4) is 6.07 Å². The molecule has 0 amide bonds. The van der Waals surface area contributed by atoms with Crippen molar-refractivity contribution in [2.24, 2.45) is 23.2 Å². The summed E-state index contributed by atoms with van der Waals surface area (Å²) in [5.74, 6) is 1.36. The van der Waals surface area contributed by atoms with Crippen molar-refractivity contribution in [3.63, 3.8) is 0 Å². The lowest BCUT2D eigenvalue weighted by atomic mass is 9.48. The summed E-state index contributed by atoms with van der Waals surface area (Å²) in [5.41, 5.74) is -0.881. The summed E-state index contributed by atoms with van der Waals surface area (Å²) in [4.78, 5) is 37.5. The van der Waals surface area contributed by atoms with Crippen molar-refractivity contribution in [1.29, 1.82) is 5.26 Å². The monoisotopic (exact) mass is 354 g/mol. The first-order valence-electron chi connectivity index (χ1n) is 9.20. The van der Waals surface area contributed by atoms with E-state index in [1.54, 1.807) is 0 Å². The third kappa shape index (κ3) is 2.66. The zero-order valence-corrected chi connectivity index (χ0v) is 14.9. The second kappa shape index (κ2) is 6.08. The maximum Gasteiger partial charge on any atom is 0.339 e. The minimum Gasteiger partial charge on any atom is -0.465 e. The molecule has 0 spiro atoms. The van der Waals surface area contributed by atoms with Gasteiger partial charge in [0.1, 0.15) is 11.6 Å². The fourth-order valence-corrected chi connectivity index (χ4v) is 5.84. The molecule has 136 valence electrons. The van der Waals surface area contributed by atoms with Crippen molar-refractivity contribution in [3.05, 3.63) is 33.7 Å². The Kier molecular flexibility index (Phi) is 3.98. The van der Waals surface area contributed by atoms with Crippen molar-refractivity contribution in [2.75, 3.05) is 7.11 Å². The van der Waals surface area contributed by atoms with E-state index in [1.165, 1.54) is 43.2 Å². The zero-order valence-electron chi connectivity index (χ0n) is 14.9. The number of rotatable bonds is 4. The lowest BCUT2D eigenvalue weighted by Crippen LogP contribution is -2.51. The van der Waals surface area contributed by atoms with Crippen LogP contribution in [0, 0.1) is 34.5 Å². The highest BCUT2D eigenvalue weighted by molar-refractivity contribution is 5.89. The van der Waals surface area contributed by atoms with Crippen LogP contribution in [0.3, 0.4) is 0 Å². The van der Waals surface area contributed by atoms with Gasteiger partial charge in [0.25, 0.3) is 5.56 Å². The first kappa shape index (κ1) is 17.0. The molecule has 0 unspecified atom stereocenters. The largest absolute Gasteiger partial charge is 0.465 e. The number of nitriles is 1. The van der Waals surface area contributed by atoms with Crippen LogP contribution in [0.5, 0.6) is 0 Å². The van der Waals surface area contributed by atoms with E-state index in [2.05, 4.69) is 4.74 Å². The third-order valence-corrected chi connectivity index (χ3v) is 6.57. The van der Waals surface area contributed by atoms with Crippen LogP contribution in [0.2, 0.25) is 0 Å². The van der Waals surface area contributed by atoms with Gasteiger partial charge in [0.15, 0.2) is 5.78 Å². The van der Waals surface area contributed by atoms with Crippen molar-refractivity contribution in [1.82, 2.24) is 4.57 Å². The van der Waals surface area contributed by atoms with Gasteiger partial charge in [0.05, 0.1) is 19.2 Å².